The second-order valence-corrected chi connectivity index (χ2v) is 10.0. The van der Waals surface area contributed by atoms with Crippen LogP contribution in [0.1, 0.15) is 53.4 Å². The summed E-state index contributed by atoms with van der Waals surface area (Å²) in [7, 11) is -1.54. The third-order valence-electron chi connectivity index (χ3n) is 3.80. The van der Waals surface area contributed by atoms with Crippen molar-refractivity contribution in [2.45, 2.75) is 71.5 Å². The first-order chi connectivity index (χ1) is 9.51. The van der Waals surface area contributed by atoms with Crippen LogP contribution in [0, 0.1) is 0 Å². The molecule has 3 nitrogen and oxygen atoms in total. The second-order valence-electron chi connectivity index (χ2n) is 5.47. The zero-order valence-corrected chi connectivity index (χ0v) is 14.8. The molecular weight excluding hydrogens is 268 g/mol. The SMILES string of the molecule is C=C(C)C(=O)OCCCC[Si](CC)(CC)OCCCC. The Labute approximate surface area is 125 Å². The van der Waals surface area contributed by atoms with Gasteiger partial charge in [-0.05, 0) is 37.9 Å². The number of ether oxygens (including phenoxy) is 1. The molecule has 0 amide bonds. The van der Waals surface area contributed by atoms with Crippen LogP contribution in [0.15, 0.2) is 12.2 Å². The topological polar surface area (TPSA) is 35.5 Å². The van der Waals surface area contributed by atoms with E-state index in [1.807, 2.05) is 0 Å². The Balaban J connectivity index is 3.96. The van der Waals surface area contributed by atoms with E-state index in [1.54, 1.807) is 6.92 Å². The van der Waals surface area contributed by atoms with Crippen molar-refractivity contribution in [3.05, 3.63) is 12.2 Å². The van der Waals surface area contributed by atoms with E-state index < -0.39 is 8.32 Å². The number of hydrogen-bond acceptors (Lipinski definition) is 3. The minimum atomic E-state index is -1.54. The fourth-order valence-electron chi connectivity index (χ4n) is 2.15. The van der Waals surface area contributed by atoms with E-state index in [0.29, 0.717) is 12.2 Å². The molecule has 0 aliphatic heterocycles. The van der Waals surface area contributed by atoms with Crippen LogP contribution < -0.4 is 0 Å². The molecule has 0 heterocycles. The molecule has 0 aromatic rings. The average molecular weight is 301 g/mol. The van der Waals surface area contributed by atoms with Crippen molar-refractivity contribution in [3.63, 3.8) is 0 Å². The summed E-state index contributed by atoms with van der Waals surface area (Å²) in [5.74, 6) is -0.279. The quantitative estimate of drug-likeness (QED) is 0.227. The van der Waals surface area contributed by atoms with Crippen molar-refractivity contribution in [1.29, 1.82) is 0 Å². The maximum absolute atomic E-state index is 11.3. The van der Waals surface area contributed by atoms with Crippen LogP contribution in [-0.2, 0) is 14.0 Å². The van der Waals surface area contributed by atoms with Gasteiger partial charge in [-0.1, -0.05) is 40.2 Å². The van der Waals surface area contributed by atoms with Crippen LogP contribution in [0.2, 0.25) is 18.1 Å². The van der Waals surface area contributed by atoms with Crippen LogP contribution in [0.3, 0.4) is 0 Å². The minimum Gasteiger partial charge on any atom is -0.462 e. The number of carbonyl (C=O) groups is 1. The van der Waals surface area contributed by atoms with Gasteiger partial charge in [0.2, 0.25) is 0 Å². The Bertz CT molecular complexity index is 285. The Morgan fingerprint density at radius 3 is 2.20 bits per heavy atom. The summed E-state index contributed by atoms with van der Waals surface area (Å²) in [5, 5.41) is 0. The van der Waals surface area contributed by atoms with Gasteiger partial charge in [0.1, 0.15) is 0 Å². The number of esters is 1. The lowest BCUT2D eigenvalue weighted by molar-refractivity contribution is -0.139. The molecule has 0 aliphatic rings. The monoisotopic (exact) mass is 300 g/mol. The summed E-state index contributed by atoms with van der Waals surface area (Å²) in [6.45, 7) is 13.4. The summed E-state index contributed by atoms with van der Waals surface area (Å²) in [6.07, 6.45) is 4.36. The first kappa shape index (κ1) is 19.4. The molecule has 0 aromatic heterocycles. The van der Waals surface area contributed by atoms with Crippen LogP contribution in [0.5, 0.6) is 0 Å². The second kappa shape index (κ2) is 11.1. The Hall–Kier alpha value is -0.613. The van der Waals surface area contributed by atoms with Crippen LogP contribution in [-0.4, -0.2) is 27.5 Å². The van der Waals surface area contributed by atoms with Gasteiger partial charge in [0, 0.05) is 12.2 Å². The standard InChI is InChI=1S/C16H32O3Si/c1-6-9-13-19-20(7-2,8-3)14-11-10-12-18-16(17)15(4)5/h4,6-14H2,1-3,5H3. The zero-order valence-electron chi connectivity index (χ0n) is 13.8. The van der Waals surface area contributed by atoms with Gasteiger partial charge in [-0.2, -0.15) is 0 Å². The zero-order chi connectivity index (χ0) is 15.4. The fraction of sp³-hybridized carbons (Fsp3) is 0.812. The predicted molar refractivity (Wildman–Crippen MR) is 87.4 cm³/mol. The summed E-state index contributed by atoms with van der Waals surface area (Å²) < 4.78 is 11.4. The van der Waals surface area contributed by atoms with Gasteiger partial charge in [0.15, 0.2) is 8.32 Å². The van der Waals surface area contributed by atoms with E-state index in [4.69, 9.17) is 9.16 Å². The van der Waals surface area contributed by atoms with E-state index in [2.05, 4.69) is 27.4 Å². The lowest BCUT2D eigenvalue weighted by atomic mass is 10.3. The number of hydrogen-bond donors (Lipinski definition) is 0. The van der Waals surface area contributed by atoms with Gasteiger partial charge in [-0.25, -0.2) is 4.79 Å². The molecule has 0 rings (SSSR count). The number of unbranched alkanes of at least 4 members (excludes halogenated alkanes) is 2. The molecule has 4 heteroatoms. The highest BCUT2D eigenvalue weighted by Gasteiger charge is 2.29. The molecule has 0 aliphatic carbocycles. The molecule has 0 saturated heterocycles. The Kier molecular flexibility index (Phi) is 10.8. The molecular formula is C16H32O3Si. The van der Waals surface area contributed by atoms with Crippen LogP contribution >= 0.6 is 0 Å². The lowest BCUT2D eigenvalue weighted by Crippen LogP contribution is -2.37. The van der Waals surface area contributed by atoms with Gasteiger partial charge >= 0.3 is 5.97 Å². The molecule has 0 bridgehead atoms. The van der Waals surface area contributed by atoms with Gasteiger partial charge in [-0.3, -0.25) is 0 Å². The average Bonchev–Trinajstić information content (AvgIpc) is 2.45. The molecule has 0 saturated carbocycles. The highest BCUT2D eigenvalue weighted by molar-refractivity contribution is 6.73. The van der Waals surface area contributed by atoms with Crippen LogP contribution in [0.25, 0.3) is 0 Å². The minimum absolute atomic E-state index is 0.279. The lowest BCUT2D eigenvalue weighted by Gasteiger charge is -2.29. The summed E-state index contributed by atoms with van der Waals surface area (Å²) >= 11 is 0. The molecule has 0 N–H and O–H groups in total. The van der Waals surface area contributed by atoms with Gasteiger partial charge < -0.3 is 9.16 Å². The van der Waals surface area contributed by atoms with Crippen molar-refractivity contribution >= 4 is 14.3 Å². The summed E-state index contributed by atoms with van der Waals surface area (Å²) in [6, 6.07) is 3.53. The van der Waals surface area contributed by atoms with E-state index in [1.165, 1.54) is 24.6 Å². The van der Waals surface area contributed by atoms with E-state index >= 15 is 0 Å². The maximum atomic E-state index is 11.3. The van der Waals surface area contributed by atoms with Gasteiger partial charge in [-0.15, -0.1) is 0 Å². The van der Waals surface area contributed by atoms with Crippen molar-refractivity contribution in [3.8, 4) is 0 Å². The first-order valence-electron chi connectivity index (χ1n) is 7.98. The summed E-state index contributed by atoms with van der Waals surface area (Å²) in [5.41, 5.74) is 0.471. The van der Waals surface area contributed by atoms with Crippen molar-refractivity contribution < 1.29 is 14.0 Å². The molecule has 0 unspecified atom stereocenters. The molecule has 0 spiro atoms. The van der Waals surface area contributed by atoms with Gasteiger partial charge in [0.25, 0.3) is 0 Å². The molecule has 118 valence electrons. The molecule has 0 radical (unpaired) electrons. The molecule has 20 heavy (non-hydrogen) atoms. The third kappa shape index (κ3) is 7.85. The maximum Gasteiger partial charge on any atom is 0.333 e. The Morgan fingerprint density at radius 1 is 1.05 bits per heavy atom. The molecule has 0 atom stereocenters. The van der Waals surface area contributed by atoms with Crippen molar-refractivity contribution in [1.82, 2.24) is 0 Å². The van der Waals surface area contributed by atoms with Crippen molar-refractivity contribution in [2.24, 2.45) is 0 Å². The van der Waals surface area contributed by atoms with Gasteiger partial charge in [0.05, 0.1) is 6.61 Å². The van der Waals surface area contributed by atoms with E-state index in [9.17, 15) is 4.79 Å². The first-order valence-corrected chi connectivity index (χ1v) is 10.5. The van der Waals surface area contributed by atoms with E-state index in [-0.39, 0.29) is 5.97 Å². The van der Waals surface area contributed by atoms with Crippen LogP contribution in [0.4, 0.5) is 0 Å². The highest BCUT2D eigenvalue weighted by atomic mass is 28.4. The predicted octanol–water partition coefficient (Wildman–Crippen LogP) is 4.69. The Morgan fingerprint density at radius 2 is 1.70 bits per heavy atom. The largest absolute Gasteiger partial charge is 0.462 e. The van der Waals surface area contributed by atoms with E-state index in [0.717, 1.165) is 25.9 Å². The highest BCUT2D eigenvalue weighted by Crippen LogP contribution is 2.25. The molecule has 0 fully saturated rings. The molecule has 0 aromatic carbocycles. The number of rotatable bonds is 12. The number of carbonyl (C=O) groups excluding carboxylic acids is 1. The van der Waals surface area contributed by atoms with Crippen molar-refractivity contribution in [2.75, 3.05) is 13.2 Å². The third-order valence-corrected chi connectivity index (χ3v) is 8.46. The summed E-state index contributed by atoms with van der Waals surface area (Å²) in [4.78, 5) is 11.3. The smallest absolute Gasteiger partial charge is 0.333 e. The normalized spacial score (nSPS) is 11.4. The fourth-order valence-corrected chi connectivity index (χ4v) is 5.38.